The first-order valence-electron chi connectivity index (χ1n) is 12.3. The van der Waals surface area contributed by atoms with E-state index in [1.54, 1.807) is 24.1 Å². The summed E-state index contributed by atoms with van der Waals surface area (Å²) < 4.78 is 18.7. The largest absolute Gasteiger partial charge is 0.404 e. The number of allylic oxidation sites excluding steroid dienone is 1. The van der Waals surface area contributed by atoms with Crippen LogP contribution in [0.4, 0.5) is 14.9 Å². The highest BCUT2D eigenvalue weighted by Crippen LogP contribution is 2.27. The third kappa shape index (κ3) is 7.02. The van der Waals surface area contributed by atoms with E-state index in [0.717, 1.165) is 42.9 Å². The summed E-state index contributed by atoms with van der Waals surface area (Å²) in [5.74, 6) is 6.07. The Bertz CT molecular complexity index is 1270. The molecule has 1 fully saturated rings. The smallest absolute Gasteiger partial charge is 0.341 e. The average Bonchev–Trinajstić information content (AvgIpc) is 3.02. The minimum atomic E-state index is -0.728. The Balaban J connectivity index is 1.39. The standard InChI is InChI=1S/C28H30FN5O3/c1-34-25-16-20(6-5-19-11-13-37-14-12-19)7-8-22(25)9-10-24(27(34)35)33-28(36)31-18-21(17-30)15-23-3-2-4-26(29)32-23/h2-4,7-8,16-19,24H,9-15,30H2,1H3,(H,33,36)/t24-/m1/s1. The number of aryl methyl sites for hydroxylation is 1. The number of ether oxygens (including phenoxy) is 1. The lowest BCUT2D eigenvalue weighted by atomic mass is 10.00. The molecule has 3 heterocycles. The molecule has 192 valence electrons. The number of amides is 3. The number of benzene rings is 1. The number of nitrogens with one attached hydrogen (secondary N) is 1. The zero-order chi connectivity index (χ0) is 26.2. The van der Waals surface area contributed by atoms with E-state index in [-0.39, 0.29) is 12.3 Å². The number of aromatic nitrogens is 1. The number of aliphatic imine (C=N–C) groups is 1. The molecule has 2 aromatic rings. The molecule has 9 heteroatoms. The van der Waals surface area contributed by atoms with Crippen molar-refractivity contribution in [2.24, 2.45) is 16.6 Å². The number of likely N-dealkylation sites (N-methyl/N-ethyl adjacent to an activating group) is 1. The summed E-state index contributed by atoms with van der Waals surface area (Å²) in [5.41, 5.74) is 9.24. The second-order valence-electron chi connectivity index (χ2n) is 9.07. The molecule has 3 N–H and O–H groups in total. The molecule has 37 heavy (non-hydrogen) atoms. The SMILES string of the molecule is CN1C(=O)[C@H](NC(=O)N=CC(=CN)Cc2cccc(F)n2)CCc2ccc(C#CC3CCOCC3)cc21. The van der Waals surface area contributed by atoms with Crippen LogP contribution in [0.25, 0.3) is 0 Å². The van der Waals surface area contributed by atoms with Crippen molar-refractivity contribution in [3.8, 4) is 11.8 Å². The Kier molecular flexibility index (Phi) is 8.64. The molecule has 2 aliphatic heterocycles. The fourth-order valence-electron chi connectivity index (χ4n) is 4.34. The number of anilines is 1. The number of hydrogen-bond acceptors (Lipinski definition) is 5. The van der Waals surface area contributed by atoms with Crippen LogP contribution in [0.15, 0.2) is 53.2 Å². The lowest BCUT2D eigenvalue weighted by Gasteiger charge is -2.21. The predicted molar refractivity (Wildman–Crippen MR) is 140 cm³/mol. The van der Waals surface area contributed by atoms with Gasteiger partial charge in [-0.15, -0.1) is 0 Å². The molecule has 0 unspecified atom stereocenters. The number of pyridine rings is 1. The Labute approximate surface area is 215 Å². The first-order valence-corrected chi connectivity index (χ1v) is 12.3. The highest BCUT2D eigenvalue weighted by molar-refractivity contribution is 6.01. The van der Waals surface area contributed by atoms with E-state index in [2.05, 4.69) is 27.1 Å². The molecular formula is C28H30FN5O3. The summed E-state index contributed by atoms with van der Waals surface area (Å²) in [4.78, 5) is 34.9. The van der Waals surface area contributed by atoms with Gasteiger partial charge in [0.2, 0.25) is 11.9 Å². The van der Waals surface area contributed by atoms with E-state index < -0.39 is 18.0 Å². The number of carbonyl (C=O) groups is 2. The molecule has 1 aromatic heterocycles. The van der Waals surface area contributed by atoms with Crippen molar-refractivity contribution in [2.45, 2.75) is 38.1 Å². The molecule has 1 saturated heterocycles. The Morgan fingerprint density at radius 1 is 1.30 bits per heavy atom. The molecule has 8 nitrogen and oxygen atoms in total. The van der Waals surface area contributed by atoms with Crippen molar-refractivity contribution in [3.63, 3.8) is 0 Å². The van der Waals surface area contributed by atoms with Gasteiger partial charge in [0.1, 0.15) is 6.04 Å². The van der Waals surface area contributed by atoms with Crippen LogP contribution < -0.4 is 16.0 Å². The molecule has 4 rings (SSSR count). The third-order valence-electron chi connectivity index (χ3n) is 6.44. The molecule has 0 aliphatic carbocycles. The number of rotatable bonds is 4. The number of nitrogens with zero attached hydrogens (tertiary/aromatic N) is 3. The van der Waals surface area contributed by atoms with Gasteiger partial charge in [-0.05, 0) is 67.3 Å². The summed E-state index contributed by atoms with van der Waals surface area (Å²) in [6.07, 6.45) is 5.72. The van der Waals surface area contributed by atoms with Crippen LogP contribution >= 0.6 is 0 Å². The van der Waals surface area contributed by atoms with Gasteiger partial charge in [0.05, 0.1) is 0 Å². The third-order valence-corrected chi connectivity index (χ3v) is 6.44. The van der Waals surface area contributed by atoms with E-state index >= 15 is 0 Å². The summed E-state index contributed by atoms with van der Waals surface area (Å²) >= 11 is 0. The van der Waals surface area contributed by atoms with E-state index in [1.165, 1.54) is 18.5 Å². The second kappa shape index (κ2) is 12.3. The quantitative estimate of drug-likeness (QED) is 0.379. The van der Waals surface area contributed by atoms with Crippen LogP contribution in [0.1, 0.15) is 36.1 Å². The molecule has 0 radical (unpaired) electrons. The fourth-order valence-corrected chi connectivity index (χ4v) is 4.34. The average molecular weight is 504 g/mol. The Morgan fingerprint density at radius 2 is 2.11 bits per heavy atom. The van der Waals surface area contributed by atoms with Gasteiger partial charge in [0, 0.05) is 55.8 Å². The highest BCUT2D eigenvalue weighted by Gasteiger charge is 2.29. The van der Waals surface area contributed by atoms with Crippen LogP contribution in [0.3, 0.4) is 0 Å². The predicted octanol–water partition coefficient (Wildman–Crippen LogP) is 3.14. The normalized spacial score (nSPS) is 18.6. The van der Waals surface area contributed by atoms with Gasteiger partial charge in [-0.2, -0.15) is 4.39 Å². The number of urea groups is 1. The van der Waals surface area contributed by atoms with Gasteiger partial charge in [-0.1, -0.05) is 24.0 Å². The molecule has 2 aliphatic rings. The van der Waals surface area contributed by atoms with E-state index in [4.69, 9.17) is 10.5 Å². The van der Waals surface area contributed by atoms with Crippen LogP contribution in [-0.4, -0.2) is 49.4 Å². The van der Waals surface area contributed by atoms with Crippen molar-refractivity contribution in [3.05, 3.63) is 70.9 Å². The molecule has 0 bridgehead atoms. The molecule has 1 aromatic carbocycles. The Morgan fingerprint density at radius 3 is 2.86 bits per heavy atom. The first-order chi connectivity index (χ1) is 17.9. The molecule has 0 spiro atoms. The highest BCUT2D eigenvalue weighted by atomic mass is 19.1. The van der Waals surface area contributed by atoms with E-state index in [0.29, 0.717) is 30.0 Å². The molecular weight excluding hydrogens is 473 g/mol. The first kappa shape index (κ1) is 26.0. The summed E-state index contributed by atoms with van der Waals surface area (Å²) in [7, 11) is 1.70. The van der Waals surface area contributed by atoms with E-state index in [1.807, 2.05) is 18.2 Å². The lowest BCUT2D eigenvalue weighted by Crippen LogP contribution is -2.46. The van der Waals surface area contributed by atoms with Gasteiger partial charge >= 0.3 is 6.03 Å². The van der Waals surface area contributed by atoms with E-state index in [9.17, 15) is 14.0 Å². The topological polar surface area (TPSA) is 110 Å². The zero-order valence-electron chi connectivity index (χ0n) is 20.7. The van der Waals surface area contributed by atoms with Gasteiger partial charge in [-0.25, -0.2) is 14.8 Å². The number of halogens is 1. The number of nitrogens with two attached hydrogens (primary N) is 1. The van der Waals surface area contributed by atoms with Crippen molar-refractivity contribution < 1.29 is 18.7 Å². The minimum Gasteiger partial charge on any atom is -0.404 e. The van der Waals surface area contributed by atoms with Crippen molar-refractivity contribution in [1.29, 1.82) is 0 Å². The van der Waals surface area contributed by atoms with Gasteiger partial charge in [0.25, 0.3) is 0 Å². The molecule has 3 amide bonds. The van der Waals surface area contributed by atoms with Gasteiger partial charge in [0.15, 0.2) is 0 Å². The number of fused-ring (bicyclic) bond motifs is 1. The maximum atomic E-state index is 13.3. The van der Waals surface area contributed by atoms with Crippen molar-refractivity contribution in [1.82, 2.24) is 10.3 Å². The summed E-state index contributed by atoms with van der Waals surface area (Å²) in [6, 6.07) is 8.96. The van der Waals surface area contributed by atoms with Gasteiger partial charge in [-0.3, -0.25) is 4.79 Å². The van der Waals surface area contributed by atoms with Crippen molar-refractivity contribution in [2.75, 3.05) is 25.2 Å². The molecule has 0 saturated carbocycles. The second-order valence-corrected chi connectivity index (χ2v) is 9.07. The van der Waals surface area contributed by atoms with Gasteiger partial charge < -0.3 is 20.7 Å². The van der Waals surface area contributed by atoms with Crippen LogP contribution in [-0.2, 0) is 22.4 Å². The summed E-state index contributed by atoms with van der Waals surface area (Å²) in [5, 5.41) is 2.70. The van der Waals surface area contributed by atoms with Crippen LogP contribution in [0.2, 0.25) is 0 Å². The number of hydrogen-bond donors (Lipinski definition) is 2. The van der Waals surface area contributed by atoms with Crippen molar-refractivity contribution >= 4 is 23.8 Å². The lowest BCUT2D eigenvalue weighted by molar-refractivity contribution is -0.120. The van der Waals surface area contributed by atoms with Crippen LogP contribution in [0, 0.1) is 23.7 Å². The Hall–Kier alpha value is -4.03. The zero-order valence-corrected chi connectivity index (χ0v) is 20.7. The fraction of sp³-hybridized carbons (Fsp3) is 0.357. The maximum Gasteiger partial charge on any atom is 0.341 e. The minimum absolute atomic E-state index is 0.213. The number of carbonyl (C=O) groups excluding carboxylic acids is 2. The maximum absolute atomic E-state index is 13.3. The van der Waals surface area contributed by atoms with Crippen LogP contribution in [0.5, 0.6) is 0 Å². The summed E-state index contributed by atoms with van der Waals surface area (Å²) in [6.45, 7) is 1.48. The molecule has 1 atom stereocenters. The monoisotopic (exact) mass is 503 g/mol.